The van der Waals surface area contributed by atoms with Crippen LogP contribution in [0.5, 0.6) is 5.75 Å². The van der Waals surface area contributed by atoms with E-state index >= 15 is 0 Å². The smallest absolute Gasteiger partial charge is 0.340 e. The molecule has 1 saturated heterocycles. The zero-order valence-electron chi connectivity index (χ0n) is 23.4. The van der Waals surface area contributed by atoms with Gasteiger partial charge in [-0.05, 0) is 73.9 Å². The summed E-state index contributed by atoms with van der Waals surface area (Å²) in [5, 5.41) is 0. The van der Waals surface area contributed by atoms with Gasteiger partial charge in [0, 0.05) is 11.8 Å². The third-order valence-electron chi connectivity index (χ3n) is 7.61. The maximum Gasteiger partial charge on any atom is 0.340 e. The van der Waals surface area contributed by atoms with Gasteiger partial charge in [0.2, 0.25) is 0 Å². The molecule has 1 aliphatic heterocycles. The number of rotatable bonds is 17. The van der Waals surface area contributed by atoms with Gasteiger partial charge in [-0.3, -0.25) is 4.98 Å². The number of ether oxygens (including phenoxy) is 2. The second-order valence-corrected chi connectivity index (χ2v) is 10.8. The third kappa shape index (κ3) is 11.0. The van der Waals surface area contributed by atoms with E-state index in [1.54, 1.807) is 0 Å². The van der Waals surface area contributed by atoms with Crippen LogP contribution in [0.3, 0.4) is 0 Å². The molecule has 1 fully saturated rings. The van der Waals surface area contributed by atoms with Gasteiger partial charge in [-0.25, -0.2) is 4.79 Å². The number of hydrogen-bond acceptors (Lipinski definition) is 4. The molecule has 37 heavy (non-hydrogen) atoms. The average molecular weight is 508 g/mol. The van der Waals surface area contributed by atoms with Crippen molar-refractivity contribution in [2.24, 2.45) is 5.92 Å². The predicted molar refractivity (Wildman–Crippen MR) is 153 cm³/mol. The summed E-state index contributed by atoms with van der Waals surface area (Å²) < 4.78 is 11.5. The highest BCUT2D eigenvalue weighted by molar-refractivity contribution is 5.77. The van der Waals surface area contributed by atoms with Crippen molar-refractivity contribution in [1.82, 2.24) is 4.98 Å². The number of carbonyl (C=O) groups excluding carboxylic acids is 1. The number of pyridine rings is 1. The first-order valence-electron chi connectivity index (χ1n) is 15.1. The van der Waals surface area contributed by atoms with Gasteiger partial charge in [-0.1, -0.05) is 90.5 Å². The minimum absolute atomic E-state index is 0.276. The van der Waals surface area contributed by atoms with E-state index in [-0.39, 0.29) is 5.97 Å². The standard InChI is InChI=1S/C33H49NO3/c1-3-5-7-9-10-12-13-15-27-17-23-31(34-25-27)29-19-21-30(22-20-29)37-33(35)32-24-18-28(26-36-32)16-14-11-8-6-4-2/h17,19-23,25,28,32H,3-16,18,24,26H2,1-2H3/t28-,32+/m1/s1. The topological polar surface area (TPSA) is 48.4 Å². The summed E-state index contributed by atoms with van der Waals surface area (Å²) in [5.41, 5.74) is 3.27. The van der Waals surface area contributed by atoms with Crippen molar-refractivity contribution in [2.45, 2.75) is 123 Å². The van der Waals surface area contributed by atoms with Crippen molar-refractivity contribution in [1.29, 1.82) is 0 Å². The van der Waals surface area contributed by atoms with E-state index in [0.717, 1.165) is 30.5 Å². The Morgan fingerprint density at radius 1 is 0.838 bits per heavy atom. The van der Waals surface area contributed by atoms with Gasteiger partial charge in [0.05, 0.1) is 12.3 Å². The number of aromatic nitrogens is 1. The predicted octanol–water partition coefficient (Wildman–Crippen LogP) is 9.10. The van der Waals surface area contributed by atoms with Crippen molar-refractivity contribution in [3.05, 3.63) is 48.2 Å². The van der Waals surface area contributed by atoms with Crippen LogP contribution in [0, 0.1) is 5.92 Å². The van der Waals surface area contributed by atoms with Crippen LogP contribution in [-0.2, 0) is 16.0 Å². The van der Waals surface area contributed by atoms with Crippen LogP contribution in [0.2, 0.25) is 0 Å². The number of nitrogens with zero attached hydrogens (tertiary/aromatic N) is 1. The van der Waals surface area contributed by atoms with Gasteiger partial charge < -0.3 is 9.47 Å². The molecule has 2 atom stereocenters. The summed E-state index contributed by atoms with van der Waals surface area (Å²) >= 11 is 0. The van der Waals surface area contributed by atoms with E-state index in [2.05, 4.69) is 31.0 Å². The molecular weight excluding hydrogens is 458 g/mol. The Morgan fingerprint density at radius 2 is 1.51 bits per heavy atom. The quantitative estimate of drug-likeness (QED) is 0.122. The van der Waals surface area contributed by atoms with Gasteiger partial charge in [-0.15, -0.1) is 0 Å². The molecule has 0 spiro atoms. The Labute approximate surface area is 225 Å². The number of hydrogen-bond donors (Lipinski definition) is 0. The minimum Gasteiger partial charge on any atom is -0.425 e. The van der Waals surface area contributed by atoms with Crippen LogP contribution in [0.25, 0.3) is 11.3 Å². The molecule has 3 rings (SSSR count). The highest BCUT2D eigenvalue weighted by atomic mass is 16.6. The Balaban J connectivity index is 1.36. The Kier molecular flexibility index (Phi) is 13.8. The van der Waals surface area contributed by atoms with Crippen molar-refractivity contribution in [3.8, 4) is 17.0 Å². The number of aryl methyl sites for hydroxylation is 1. The number of benzene rings is 1. The molecule has 0 N–H and O–H groups in total. The highest BCUT2D eigenvalue weighted by Gasteiger charge is 2.28. The number of carbonyl (C=O) groups is 1. The Hall–Kier alpha value is -2.20. The maximum atomic E-state index is 12.6. The molecule has 0 aliphatic carbocycles. The fraction of sp³-hybridized carbons (Fsp3) is 0.636. The van der Waals surface area contributed by atoms with Gasteiger partial charge in [0.15, 0.2) is 6.10 Å². The van der Waals surface area contributed by atoms with Crippen molar-refractivity contribution in [3.63, 3.8) is 0 Å². The SMILES string of the molecule is CCCCCCCCCc1ccc(-c2ccc(OC(=O)[C@@H]3CC[C@@H](CCCCCCC)CO3)cc2)nc1. The summed E-state index contributed by atoms with van der Waals surface area (Å²) in [6, 6.07) is 11.9. The summed E-state index contributed by atoms with van der Waals surface area (Å²) in [6.45, 7) is 5.18. The second-order valence-electron chi connectivity index (χ2n) is 10.8. The first-order chi connectivity index (χ1) is 18.2. The molecule has 2 heterocycles. The fourth-order valence-electron chi connectivity index (χ4n) is 5.16. The third-order valence-corrected chi connectivity index (χ3v) is 7.61. The normalized spacial score (nSPS) is 17.6. The van der Waals surface area contributed by atoms with Crippen LogP contribution in [0.1, 0.15) is 116 Å². The lowest BCUT2D eigenvalue weighted by atomic mass is 9.93. The molecule has 0 unspecified atom stereocenters. The van der Waals surface area contributed by atoms with Gasteiger partial charge in [0.1, 0.15) is 5.75 Å². The highest BCUT2D eigenvalue weighted by Crippen LogP contribution is 2.26. The summed E-state index contributed by atoms with van der Waals surface area (Å²) in [5.74, 6) is 0.868. The molecule has 4 nitrogen and oxygen atoms in total. The van der Waals surface area contributed by atoms with Crippen LogP contribution >= 0.6 is 0 Å². The van der Waals surface area contributed by atoms with Gasteiger partial charge in [-0.2, -0.15) is 0 Å². The van der Waals surface area contributed by atoms with E-state index in [9.17, 15) is 4.79 Å². The molecule has 204 valence electrons. The first-order valence-corrected chi connectivity index (χ1v) is 15.1. The van der Waals surface area contributed by atoms with Crippen LogP contribution in [0.4, 0.5) is 0 Å². The average Bonchev–Trinajstić information content (AvgIpc) is 2.93. The second kappa shape index (κ2) is 17.3. The van der Waals surface area contributed by atoms with Gasteiger partial charge in [0.25, 0.3) is 0 Å². The van der Waals surface area contributed by atoms with Crippen LogP contribution in [0.15, 0.2) is 42.6 Å². The molecule has 0 saturated carbocycles. The van der Waals surface area contributed by atoms with E-state index in [0.29, 0.717) is 18.3 Å². The van der Waals surface area contributed by atoms with E-state index in [1.807, 2.05) is 30.5 Å². The first kappa shape index (κ1) is 29.4. The minimum atomic E-state index is -0.443. The summed E-state index contributed by atoms with van der Waals surface area (Å²) in [7, 11) is 0. The summed E-state index contributed by atoms with van der Waals surface area (Å²) in [4.78, 5) is 17.3. The lowest BCUT2D eigenvalue weighted by Gasteiger charge is -2.27. The lowest BCUT2D eigenvalue weighted by molar-refractivity contribution is -0.152. The van der Waals surface area contributed by atoms with Gasteiger partial charge >= 0.3 is 5.97 Å². The molecule has 1 aromatic carbocycles. The molecule has 1 aromatic heterocycles. The lowest BCUT2D eigenvalue weighted by Crippen LogP contribution is -2.35. The zero-order chi connectivity index (χ0) is 26.1. The molecule has 0 bridgehead atoms. The zero-order valence-corrected chi connectivity index (χ0v) is 23.4. The number of unbranched alkanes of at least 4 members (excludes halogenated alkanes) is 10. The van der Waals surface area contributed by atoms with E-state index < -0.39 is 6.10 Å². The molecule has 0 amide bonds. The molecular formula is C33H49NO3. The summed E-state index contributed by atoms with van der Waals surface area (Å²) in [6.07, 6.45) is 21.5. The Bertz CT molecular complexity index is 869. The number of esters is 1. The van der Waals surface area contributed by atoms with Crippen molar-refractivity contribution in [2.75, 3.05) is 6.61 Å². The largest absolute Gasteiger partial charge is 0.425 e. The van der Waals surface area contributed by atoms with Crippen LogP contribution < -0.4 is 4.74 Å². The monoisotopic (exact) mass is 507 g/mol. The molecule has 0 radical (unpaired) electrons. The molecule has 1 aliphatic rings. The molecule has 4 heteroatoms. The van der Waals surface area contributed by atoms with E-state index in [1.165, 1.54) is 89.0 Å². The van der Waals surface area contributed by atoms with Crippen molar-refractivity contribution < 1.29 is 14.3 Å². The Morgan fingerprint density at radius 3 is 2.14 bits per heavy atom. The fourth-order valence-corrected chi connectivity index (χ4v) is 5.16. The van der Waals surface area contributed by atoms with Crippen molar-refractivity contribution >= 4 is 5.97 Å². The maximum absolute atomic E-state index is 12.6. The van der Waals surface area contributed by atoms with Crippen LogP contribution in [-0.4, -0.2) is 23.7 Å². The molecule has 2 aromatic rings. The van der Waals surface area contributed by atoms with E-state index in [4.69, 9.17) is 9.47 Å².